The fourth-order valence-electron chi connectivity index (χ4n) is 1.64. The number of aryl methyl sites for hydroxylation is 1. The highest BCUT2D eigenvalue weighted by atomic mass is 16.5. The van der Waals surface area contributed by atoms with Gasteiger partial charge in [0.15, 0.2) is 0 Å². The van der Waals surface area contributed by atoms with Crippen LogP contribution in [0.2, 0.25) is 0 Å². The van der Waals surface area contributed by atoms with Crippen LogP contribution in [0, 0.1) is 6.92 Å². The van der Waals surface area contributed by atoms with Gasteiger partial charge in [-0.3, -0.25) is 0 Å². The Labute approximate surface area is 104 Å². The van der Waals surface area contributed by atoms with Crippen molar-refractivity contribution in [1.82, 2.24) is 14.9 Å². The van der Waals surface area contributed by atoms with Gasteiger partial charge in [0, 0.05) is 32.1 Å². The second-order valence-corrected chi connectivity index (χ2v) is 4.54. The van der Waals surface area contributed by atoms with Crippen molar-refractivity contribution in [3.63, 3.8) is 0 Å². The number of rotatable bonds is 9. The van der Waals surface area contributed by atoms with Gasteiger partial charge in [-0.15, -0.1) is 0 Å². The topological polar surface area (TPSA) is 39.1 Å². The summed E-state index contributed by atoms with van der Waals surface area (Å²) in [7, 11) is 0. The van der Waals surface area contributed by atoms with E-state index in [-0.39, 0.29) is 0 Å². The Morgan fingerprint density at radius 3 is 2.82 bits per heavy atom. The summed E-state index contributed by atoms with van der Waals surface area (Å²) in [4.78, 5) is 4.19. The van der Waals surface area contributed by atoms with Crippen LogP contribution in [-0.4, -0.2) is 35.4 Å². The van der Waals surface area contributed by atoms with E-state index in [0.717, 1.165) is 38.5 Å². The highest BCUT2D eigenvalue weighted by Gasteiger charge is 1.96. The molecule has 0 bridgehead atoms. The lowest BCUT2D eigenvalue weighted by atomic mass is 10.3. The van der Waals surface area contributed by atoms with Gasteiger partial charge in [0.25, 0.3) is 0 Å². The van der Waals surface area contributed by atoms with Crippen LogP contribution in [0.4, 0.5) is 0 Å². The van der Waals surface area contributed by atoms with Crippen LogP contribution in [-0.2, 0) is 11.3 Å². The summed E-state index contributed by atoms with van der Waals surface area (Å²) in [5, 5.41) is 3.43. The lowest BCUT2D eigenvalue weighted by Gasteiger charge is -2.08. The smallest absolute Gasteiger partial charge is 0.105 e. The molecule has 0 unspecified atom stereocenters. The van der Waals surface area contributed by atoms with Gasteiger partial charge in [-0.2, -0.15) is 0 Å². The second-order valence-electron chi connectivity index (χ2n) is 4.54. The first kappa shape index (κ1) is 14.2. The van der Waals surface area contributed by atoms with E-state index >= 15 is 0 Å². The minimum atomic E-state index is 0.354. The van der Waals surface area contributed by atoms with Crippen LogP contribution < -0.4 is 5.32 Å². The molecule has 4 heteroatoms. The molecule has 0 aromatic carbocycles. The molecule has 0 atom stereocenters. The van der Waals surface area contributed by atoms with E-state index in [2.05, 4.69) is 28.7 Å². The molecule has 0 aliphatic rings. The molecule has 0 spiro atoms. The number of nitrogens with zero attached hydrogens (tertiary/aromatic N) is 2. The molecule has 0 saturated carbocycles. The maximum Gasteiger partial charge on any atom is 0.105 e. The zero-order valence-corrected chi connectivity index (χ0v) is 11.3. The lowest BCUT2D eigenvalue weighted by Crippen LogP contribution is -2.21. The van der Waals surface area contributed by atoms with E-state index < -0.39 is 0 Å². The Morgan fingerprint density at radius 1 is 1.35 bits per heavy atom. The monoisotopic (exact) mass is 239 g/mol. The minimum absolute atomic E-state index is 0.354. The van der Waals surface area contributed by atoms with Gasteiger partial charge < -0.3 is 14.6 Å². The first-order valence-corrected chi connectivity index (χ1v) is 6.50. The molecule has 98 valence electrons. The van der Waals surface area contributed by atoms with Crippen LogP contribution in [0.15, 0.2) is 12.4 Å². The predicted octanol–water partition coefficient (Wildman–Crippen LogP) is 1.99. The summed E-state index contributed by atoms with van der Waals surface area (Å²) in [5.74, 6) is 1.08. The van der Waals surface area contributed by atoms with E-state index in [1.54, 1.807) is 0 Å². The third kappa shape index (κ3) is 6.44. The highest BCUT2D eigenvalue weighted by Crippen LogP contribution is 1.95. The summed E-state index contributed by atoms with van der Waals surface area (Å²) in [5.41, 5.74) is 0. The largest absolute Gasteiger partial charge is 0.379 e. The number of hydrogen-bond donors (Lipinski definition) is 1. The Balaban J connectivity index is 1.90. The number of imidazole rings is 1. The van der Waals surface area contributed by atoms with Gasteiger partial charge in [-0.25, -0.2) is 4.98 Å². The lowest BCUT2D eigenvalue weighted by molar-refractivity contribution is 0.0760. The fraction of sp³-hybridized carbons (Fsp3) is 0.769. The van der Waals surface area contributed by atoms with Crippen molar-refractivity contribution in [2.75, 3.05) is 19.7 Å². The second kappa shape index (κ2) is 8.25. The van der Waals surface area contributed by atoms with Crippen molar-refractivity contribution >= 4 is 0 Å². The number of unbranched alkanes of at least 4 members (excludes halogenated alkanes) is 1. The Morgan fingerprint density at radius 2 is 2.18 bits per heavy atom. The summed E-state index contributed by atoms with van der Waals surface area (Å²) < 4.78 is 7.64. The van der Waals surface area contributed by atoms with Gasteiger partial charge in [0.2, 0.25) is 0 Å². The molecule has 1 aromatic rings. The van der Waals surface area contributed by atoms with E-state index in [1.807, 2.05) is 19.3 Å². The average Bonchev–Trinajstić information content (AvgIpc) is 2.68. The quantitative estimate of drug-likeness (QED) is 0.670. The number of nitrogens with one attached hydrogen (secondary N) is 1. The third-order valence-electron chi connectivity index (χ3n) is 2.65. The van der Waals surface area contributed by atoms with Gasteiger partial charge in [-0.1, -0.05) is 0 Å². The molecular formula is C13H25N3O. The van der Waals surface area contributed by atoms with Crippen LogP contribution in [0.3, 0.4) is 0 Å². The van der Waals surface area contributed by atoms with Crippen molar-refractivity contribution < 1.29 is 4.74 Å². The summed E-state index contributed by atoms with van der Waals surface area (Å²) in [6, 6.07) is 0. The van der Waals surface area contributed by atoms with E-state index in [1.165, 1.54) is 6.42 Å². The van der Waals surface area contributed by atoms with Gasteiger partial charge >= 0.3 is 0 Å². The standard InChI is InChI=1S/C13H25N3O/c1-12(2)17-11-5-4-6-14-7-9-16-10-8-15-13(16)3/h8,10,12,14H,4-7,9,11H2,1-3H3. The maximum absolute atomic E-state index is 5.48. The van der Waals surface area contributed by atoms with Crippen molar-refractivity contribution in [2.24, 2.45) is 0 Å². The summed E-state index contributed by atoms with van der Waals surface area (Å²) in [6.07, 6.45) is 6.53. The molecule has 1 rings (SSSR count). The average molecular weight is 239 g/mol. The Hall–Kier alpha value is -0.870. The maximum atomic E-state index is 5.48. The molecule has 0 radical (unpaired) electrons. The number of hydrogen-bond acceptors (Lipinski definition) is 3. The molecule has 17 heavy (non-hydrogen) atoms. The van der Waals surface area contributed by atoms with E-state index in [0.29, 0.717) is 6.10 Å². The molecule has 0 amide bonds. The first-order valence-electron chi connectivity index (χ1n) is 6.50. The SMILES string of the molecule is Cc1nccn1CCNCCCCOC(C)C. The normalized spacial score (nSPS) is 11.3. The first-order chi connectivity index (χ1) is 8.20. The van der Waals surface area contributed by atoms with Gasteiger partial charge in [0.05, 0.1) is 6.10 Å². The summed E-state index contributed by atoms with van der Waals surface area (Å²) >= 11 is 0. The van der Waals surface area contributed by atoms with Crippen LogP contribution in [0.5, 0.6) is 0 Å². The van der Waals surface area contributed by atoms with Gasteiger partial charge in [-0.05, 0) is 40.2 Å². The zero-order valence-electron chi connectivity index (χ0n) is 11.3. The zero-order chi connectivity index (χ0) is 12.5. The van der Waals surface area contributed by atoms with E-state index in [9.17, 15) is 0 Å². The van der Waals surface area contributed by atoms with Crippen molar-refractivity contribution in [2.45, 2.75) is 46.3 Å². The fourth-order valence-corrected chi connectivity index (χ4v) is 1.64. The van der Waals surface area contributed by atoms with Crippen molar-refractivity contribution in [3.05, 3.63) is 18.2 Å². The Bertz CT molecular complexity index is 297. The van der Waals surface area contributed by atoms with Gasteiger partial charge in [0.1, 0.15) is 5.82 Å². The molecule has 0 fully saturated rings. The Kier molecular flexibility index (Phi) is 6.89. The van der Waals surface area contributed by atoms with Crippen molar-refractivity contribution in [1.29, 1.82) is 0 Å². The predicted molar refractivity (Wildman–Crippen MR) is 70.2 cm³/mol. The minimum Gasteiger partial charge on any atom is -0.379 e. The van der Waals surface area contributed by atoms with Crippen LogP contribution in [0.25, 0.3) is 0 Å². The molecule has 1 N–H and O–H groups in total. The van der Waals surface area contributed by atoms with Crippen molar-refractivity contribution in [3.8, 4) is 0 Å². The molecule has 1 heterocycles. The highest BCUT2D eigenvalue weighted by molar-refractivity contribution is 4.88. The molecule has 1 aromatic heterocycles. The molecular weight excluding hydrogens is 214 g/mol. The number of aromatic nitrogens is 2. The molecule has 4 nitrogen and oxygen atoms in total. The molecule has 0 aliphatic carbocycles. The third-order valence-corrected chi connectivity index (χ3v) is 2.65. The summed E-state index contributed by atoms with van der Waals surface area (Å²) in [6.45, 7) is 10.1. The van der Waals surface area contributed by atoms with Crippen LogP contribution >= 0.6 is 0 Å². The van der Waals surface area contributed by atoms with E-state index in [4.69, 9.17) is 4.74 Å². The molecule has 0 aliphatic heterocycles. The number of ether oxygens (including phenoxy) is 1. The molecule has 0 saturated heterocycles. The van der Waals surface area contributed by atoms with Crippen LogP contribution in [0.1, 0.15) is 32.5 Å².